The quantitative estimate of drug-likeness (QED) is 0.0918. The highest BCUT2D eigenvalue weighted by Gasteiger charge is 2.21. The van der Waals surface area contributed by atoms with Crippen LogP contribution in [0.25, 0.3) is 10.8 Å². The van der Waals surface area contributed by atoms with Crippen LogP contribution in [0.1, 0.15) is 21.5 Å². The van der Waals surface area contributed by atoms with E-state index in [1.165, 1.54) is 24.3 Å². The van der Waals surface area contributed by atoms with E-state index < -0.39 is 32.4 Å². The minimum Gasteiger partial charge on any atom is -0.294 e. The number of hydrogen-bond acceptors (Lipinski definition) is 7. The van der Waals surface area contributed by atoms with Crippen LogP contribution in [-0.4, -0.2) is 36.4 Å². The van der Waals surface area contributed by atoms with Crippen molar-refractivity contribution >= 4 is 44.2 Å². The summed E-state index contributed by atoms with van der Waals surface area (Å²) in [7, 11) is -4.15. The molecule has 0 radical (unpaired) electrons. The van der Waals surface area contributed by atoms with Gasteiger partial charge in [-0.15, -0.1) is 11.8 Å². The van der Waals surface area contributed by atoms with Gasteiger partial charge in [-0.25, -0.2) is 13.1 Å². The zero-order valence-electron chi connectivity index (χ0n) is 23.4. The molecule has 0 saturated carbocycles. The van der Waals surface area contributed by atoms with Gasteiger partial charge < -0.3 is 0 Å². The number of nitrogens with one attached hydrogen (secondary N) is 1. The average Bonchev–Trinajstić information content (AvgIpc) is 3.02. The Hall–Kier alpha value is -4.58. The summed E-state index contributed by atoms with van der Waals surface area (Å²) in [6, 6.07) is 32.3. The van der Waals surface area contributed by atoms with Gasteiger partial charge >= 0.3 is 5.69 Å². The third kappa shape index (κ3) is 7.67. The molecule has 5 rings (SSSR count). The standard InChI is InChI=1S/C33H28FN3O5S2/c34-31-18-15-25(21-32(31)37(39)40)23-36(19-20-43-27-9-2-1-3-10-27)22-24-13-16-28(17-14-24)44(41,42)35-33(38)30-12-6-8-26-7-4-5-11-29(26)30/h1-18,21H,19-20,22-23H2,(H,35,38). The minimum absolute atomic E-state index is 0.0600. The smallest absolute Gasteiger partial charge is 0.294 e. The van der Waals surface area contributed by atoms with Crippen LogP contribution in [0.4, 0.5) is 10.1 Å². The average molecular weight is 630 g/mol. The van der Waals surface area contributed by atoms with Crippen LogP contribution < -0.4 is 4.72 Å². The van der Waals surface area contributed by atoms with Crippen LogP contribution >= 0.6 is 11.8 Å². The number of benzene rings is 5. The Morgan fingerprint density at radius 2 is 1.50 bits per heavy atom. The van der Waals surface area contributed by atoms with E-state index in [1.807, 2.05) is 48.5 Å². The number of rotatable bonds is 12. The Kier molecular flexibility index (Phi) is 9.69. The summed E-state index contributed by atoms with van der Waals surface area (Å²) < 4.78 is 42.3. The van der Waals surface area contributed by atoms with Crippen molar-refractivity contribution in [3.8, 4) is 0 Å². The van der Waals surface area contributed by atoms with Crippen LogP contribution in [0.2, 0.25) is 0 Å². The number of fused-ring (bicyclic) bond motifs is 1. The largest absolute Gasteiger partial charge is 0.305 e. The van der Waals surface area contributed by atoms with E-state index in [0.717, 1.165) is 27.7 Å². The first-order valence-corrected chi connectivity index (χ1v) is 16.1. The first kappa shape index (κ1) is 30.9. The molecule has 44 heavy (non-hydrogen) atoms. The highest BCUT2D eigenvalue weighted by Crippen LogP contribution is 2.23. The summed E-state index contributed by atoms with van der Waals surface area (Å²) in [5.74, 6) is -0.893. The fourth-order valence-electron chi connectivity index (χ4n) is 4.77. The van der Waals surface area contributed by atoms with E-state index in [-0.39, 0.29) is 10.5 Å². The van der Waals surface area contributed by atoms with Gasteiger partial charge in [0.05, 0.1) is 9.82 Å². The summed E-state index contributed by atoms with van der Waals surface area (Å²) >= 11 is 1.66. The van der Waals surface area contributed by atoms with Gasteiger partial charge in [0.25, 0.3) is 15.9 Å². The van der Waals surface area contributed by atoms with Gasteiger partial charge in [0, 0.05) is 41.9 Å². The van der Waals surface area contributed by atoms with Crippen LogP contribution in [-0.2, 0) is 23.1 Å². The Balaban J connectivity index is 1.30. The molecule has 0 aliphatic carbocycles. The number of carbonyl (C=O) groups is 1. The number of amides is 1. The molecule has 0 spiro atoms. The minimum atomic E-state index is -4.15. The van der Waals surface area contributed by atoms with Gasteiger partial charge in [0.1, 0.15) is 0 Å². The van der Waals surface area contributed by atoms with Gasteiger partial charge in [-0.3, -0.25) is 19.8 Å². The predicted octanol–water partition coefficient (Wildman–Crippen LogP) is 6.80. The summed E-state index contributed by atoms with van der Waals surface area (Å²) in [5.41, 5.74) is 1.05. The van der Waals surface area contributed by atoms with Crippen molar-refractivity contribution in [3.63, 3.8) is 0 Å². The number of hydrogen-bond donors (Lipinski definition) is 1. The lowest BCUT2D eigenvalue weighted by Crippen LogP contribution is -2.30. The number of nitro benzene ring substituents is 1. The Labute approximate surface area is 258 Å². The monoisotopic (exact) mass is 629 g/mol. The first-order valence-electron chi connectivity index (χ1n) is 13.7. The van der Waals surface area contributed by atoms with Crippen molar-refractivity contribution in [1.82, 2.24) is 9.62 Å². The van der Waals surface area contributed by atoms with Crippen molar-refractivity contribution in [2.24, 2.45) is 0 Å². The molecule has 5 aromatic carbocycles. The molecular weight excluding hydrogens is 602 g/mol. The molecular formula is C33H28FN3O5S2. The molecule has 0 unspecified atom stereocenters. The fourth-order valence-corrected chi connectivity index (χ4v) is 6.67. The van der Waals surface area contributed by atoms with Crippen LogP contribution in [0.5, 0.6) is 0 Å². The maximum absolute atomic E-state index is 13.9. The lowest BCUT2D eigenvalue weighted by atomic mass is 10.0. The van der Waals surface area contributed by atoms with Gasteiger partial charge in [-0.2, -0.15) is 4.39 Å². The van der Waals surface area contributed by atoms with Gasteiger partial charge in [0.2, 0.25) is 5.82 Å². The molecule has 0 heterocycles. The zero-order chi connectivity index (χ0) is 31.1. The number of thioether (sulfide) groups is 1. The maximum Gasteiger partial charge on any atom is 0.305 e. The molecule has 0 bridgehead atoms. The van der Waals surface area contributed by atoms with E-state index in [2.05, 4.69) is 9.62 Å². The number of halogens is 1. The van der Waals surface area contributed by atoms with Crippen molar-refractivity contribution in [2.45, 2.75) is 22.9 Å². The van der Waals surface area contributed by atoms with E-state index in [4.69, 9.17) is 0 Å². The van der Waals surface area contributed by atoms with Crippen molar-refractivity contribution in [3.05, 3.63) is 148 Å². The van der Waals surface area contributed by atoms with Crippen molar-refractivity contribution < 1.29 is 22.5 Å². The van der Waals surface area contributed by atoms with Crippen LogP contribution in [0, 0.1) is 15.9 Å². The Morgan fingerprint density at radius 3 is 2.25 bits per heavy atom. The van der Waals surface area contributed by atoms with E-state index in [1.54, 1.807) is 48.2 Å². The lowest BCUT2D eigenvalue weighted by Gasteiger charge is -2.23. The molecule has 224 valence electrons. The second-order valence-electron chi connectivity index (χ2n) is 10.0. The van der Waals surface area contributed by atoms with E-state index in [0.29, 0.717) is 30.6 Å². The predicted molar refractivity (Wildman–Crippen MR) is 169 cm³/mol. The topological polar surface area (TPSA) is 110 Å². The van der Waals surface area contributed by atoms with Crippen molar-refractivity contribution in [2.75, 3.05) is 12.3 Å². The Bertz CT molecular complexity index is 1900. The third-order valence-electron chi connectivity index (χ3n) is 6.93. The van der Waals surface area contributed by atoms with E-state index in [9.17, 15) is 27.7 Å². The Morgan fingerprint density at radius 1 is 0.841 bits per heavy atom. The molecule has 0 aromatic heterocycles. The molecule has 8 nitrogen and oxygen atoms in total. The molecule has 5 aromatic rings. The maximum atomic E-state index is 13.9. The number of nitro groups is 1. The number of nitrogens with zero attached hydrogens (tertiary/aromatic N) is 2. The second kappa shape index (κ2) is 13.8. The summed E-state index contributed by atoms with van der Waals surface area (Å²) in [4.78, 5) is 26.6. The zero-order valence-corrected chi connectivity index (χ0v) is 25.1. The normalized spacial score (nSPS) is 11.5. The van der Waals surface area contributed by atoms with Gasteiger partial charge in [-0.05, 0) is 58.3 Å². The molecule has 0 aliphatic rings. The number of carbonyl (C=O) groups excluding carboxylic acids is 1. The fraction of sp³-hybridized carbons (Fsp3) is 0.121. The van der Waals surface area contributed by atoms with Gasteiger partial charge in [0.15, 0.2) is 0 Å². The molecule has 0 saturated heterocycles. The van der Waals surface area contributed by atoms with Crippen LogP contribution in [0.15, 0.2) is 125 Å². The molecule has 11 heteroatoms. The van der Waals surface area contributed by atoms with Crippen molar-refractivity contribution in [1.29, 1.82) is 0 Å². The van der Waals surface area contributed by atoms with E-state index >= 15 is 0 Å². The highest BCUT2D eigenvalue weighted by molar-refractivity contribution is 7.99. The SMILES string of the molecule is O=C(NS(=O)(=O)c1ccc(CN(CCSc2ccccc2)Cc2ccc(F)c([N+](=O)[O-])c2)cc1)c1cccc2ccccc12. The molecule has 1 amide bonds. The summed E-state index contributed by atoms with van der Waals surface area (Å²) in [6.45, 7) is 1.33. The first-order chi connectivity index (χ1) is 21.2. The molecule has 0 aliphatic heterocycles. The third-order valence-corrected chi connectivity index (χ3v) is 9.27. The molecule has 0 fully saturated rings. The van der Waals surface area contributed by atoms with Crippen LogP contribution in [0.3, 0.4) is 0 Å². The highest BCUT2D eigenvalue weighted by atomic mass is 32.2. The molecule has 1 N–H and O–H groups in total. The number of sulfonamides is 1. The summed E-state index contributed by atoms with van der Waals surface area (Å²) in [5, 5.41) is 12.7. The molecule has 0 atom stereocenters. The lowest BCUT2D eigenvalue weighted by molar-refractivity contribution is -0.387. The summed E-state index contributed by atoms with van der Waals surface area (Å²) in [6.07, 6.45) is 0. The van der Waals surface area contributed by atoms with Gasteiger partial charge in [-0.1, -0.05) is 72.8 Å². The second-order valence-corrected chi connectivity index (χ2v) is 12.9.